The van der Waals surface area contributed by atoms with Gasteiger partial charge in [0.05, 0.1) is 12.2 Å². The van der Waals surface area contributed by atoms with Crippen molar-refractivity contribution >= 4 is 5.95 Å². The van der Waals surface area contributed by atoms with Crippen molar-refractivity contribution in [3.8, 4) is 0 Å². The number of hydrogen-bond acceptors (Lipinski definition) is 5. The van der Waals surface area contributed by atoms with E-state index in [1.54, 1.807) is 6.20 Å². The number of rotatable bonds is 4. The largest absolute Gasteiger partial charge is 0.456 e. The summed E-state index contributed by atoms with van der Waals surface area (Å²) in [7, 11) is 0. The molecule has 0 bridgehead atoms. The Morgan fingerprint density at radius 1 is 1.38 bits per heavy atom. The van der Waals surface area contributed by atoms with Crippen LogP contribution in [0.1, 0.15) is 5.69 Å². The maximum absolute atomic E-state index is 10.6. The zero-order valence-electron chi connectivity index (χ0n) is 8.28. The Morgan fingerprint density at radius 2 is 2.25 bits per heavy atom. The summed E-state index contributed by atoms with van der Waals surface area (Å²) in [5.41, 5.74) is 3.64. The van der Waals surface area contributed by atoms with Crippen molar-refractivity contribution in [1.82, 2.24) is 14.6 Å². The second-order valence-electron chi connectivity index (χ2n) is 3.01. The van der Waals surface area contributed by atoms with Crippen LogP contribution in [-0.2, 0) is 6.54 Å². The van der Waals surface area contributed by atoms with Crippen molar-refractivity contribution in [2.24, 2.45) is 0 Å². The second kappa shape index (κ2) is 4.39. The van der Waals surface area contributed by atoms with Gasteiger partial charge in [-0.1, -0.05) is 11.1 Å². The van der Waals surface area contributed by atoms with E-state index in [1.807, 2.05) is 18.2 Å². The Kier molecular flexibility index (Phi) is 2.77. The molecule has 2 aromatic heterocycles. The normalized spacial score (nSPS) is 10.0. The fraction of sp³-hybridized carbons (Fsp3) is 0.111. The summed E-state index contributed by atoms with van der Waals surface area (Å²) in [6.07, 6.45) is 4.52. The smallest absolute Gasteiger partial charge is 0.390 e. The van der Waals surface area contributed by atoms with Gasteiger partial charge in [-0.3, -0.25) is 10.4 Å². The van der Waals surface area contributed by atoms with Gasteiger partial charge in [-0.05, 0) is 17.1 Å². The molecule has 7 heteroatoms. The third kappa shape index (κ3) is 2.14. The van der Waals surface area contributed by atoms with E-state index in [-0.39, 0.29) is 5.95 Å². The number of imidazole rings is 1. The summed E-state index contributed by atoms with van der Waals surface area (Å²) < 4.78 is 1.26. The van der Waals surface area contributed by atoms with Crippen molar-refractivity contribution in [2.45, 2.75) is 6.54 Å². The molecule has 7 nitrogen and oxygen atoms in total. The molecule has 0 aliphatic carbocycles. The van der Waals surface area contributed by atoms with Crippen LogP contribution in [0, 0.1) is 10.1 Å². The summed E-state index contributed by atoms with van der Waals surface area (Å²) in [4.78, 5) is 17.7. The van der Waals surface area contributed by atoms with E-state index in [1.165, 1.54) is 17.1 Å². The molecule has 0 saturated heterocycles. The molecule has 0 unspecified atom stereocenters. The van der Waals surface area contributed by atoms with Crippen LogP contribution in [0.25, 0.3) is 0 Å². The predicted octanol–water partition coefficient (Wildman–Crippen LogP) is 0.930. The summed E-state index contributed by atoms with van der Waals surface area (Å²) >= 11 is 0. The highest BCUT2D eigenvalue weighted by atomic mass is 16.6. The standard InChI is InChI=1S/C9H9N5O2/c15-14(16)9-11-5-6-13(9)12-7-8-3-1-2-4-10-8/h1-6,12H,7H2. The minimum atomic E-state index is -0.550. The van der Waals surface area contributed by atoms with Crippen LogP contribution in [0.4, 0.5) is 5.95 Å². The first-order chi connectivity index (χ1) is 7.77. The Labute approximate surface area is 90.9 Å². The third-order valence-electron chi connectivity index (χ3n) is 1.94. The van der Waals surface area contributed by atoms with Gasteiger partial charge >= 0.3 is 5.95 Å². The van der Waals surface area contributed by atoms with E-state index < -0.39 is 4.92 Å². The van der Waals surface area contributed by atoms with E-state index >= 15 is 0 Å². The SMILES string of the molecule is O=[N+]([O-])c1nccn1NCc1ccccn1. The average Bonchev–Trinajstić information content (AvgIpc) is 2.76. The molecule has 2 aromatic rings. The van der Waals surface area contributed by atoms with Crippen LogP contribution in [0.3, 0.4) is 0 Å². The molecule has 0 radical (unpaired) electrons. The molecule has 0 aliphatic heterocycles. The zero-order chi connectivity index (χ0) is 11.4. The lowest BCUT2D eigenvalue weighted by Gasteiger charge is -2.03. The second-order valence-corrected chi connectivity index (χ2v) is 3.01. The van der Waals surface area contributed by atoms with E-state index in [9.17, 15) is 10.1 Å². The first kappa shape index (κ1) is 10.1. The van der Waals surface area contributed by atoms with E-state index in [2.05, 4.69) is 15.4 Å². The van der Waals surface area contributed by atoms with Crippen LogP contribution in [0.5, 0.6) is 0 Å². The molecule has 0 aliphatic rings. The van der Waals surface area contributed by atoms with Crippen LogP contribution in [0.2, 0.25) is 0 Å². The van der Waals surface area contributed by atoms with Crippen molar-refractivity contribution < 1.29 is 4.92 Å². The number of pyridine rings is 1. The lowest BCUT2D eigenvalue weighted by Crippen LogP contribution is -2.16. The van der Waals surface area contributed by atoms with Crippen LogP contribution < -0.4 is 5.43 Å². The molecular weight excluding hydrogens is 210 g/mol. The molecule has 0 saturated carbocycles. The Bertz CT molecular complexity index is 482. The monoisotopic (exact) mass is 219 g/mol. The fourth-order valence-electron chi connectivity index (χ4n) is 1.22. The highest BCUT2D eigenvalue weighted by Crippen LogP contribution is 2.05. The number of nitro groups is 1. The van der Waals surface area contributed by atoms with Crippen molar-refractivity contribution in [3.63, 3.8) is 0 Å². The van der Waals surface area contributed by atoms with Crippen LogP contribution >= 0.6 is 0 Å². The molecule has 0 atom stereocenters. The molecule has 0 fully saturated rings. The van der Waals surface area contributed by atoms with Crippen LogP contribution in [0.15, 0.2) is 36.8 Å². The lowest BCUT2D eigenvalue weighted by atomic mass is 10.4. The van der Waals surface area contributed by atoms with Gasteiger partial charge in [0.25, 0.3) is 0 Å². The lowest BCUT2D eigenvalue weighted by molar-refractivity contribution is -0.396. The van der Waals surface area contributed by atoms with E-state index in [0.717, 1.165) is 5.69 Å². The summed E-state index contributed by atoms with van der Waals surface area (Å²) in [5.74, 6) is -0.240. The van der Waals surface area contributed by atoms with Crippen molar-refractivity contribution in [3.05, 3.63) is 52.6 Å². The maximum atomic E-state index is 10.6. The summed E-state index contributed by atoms with van der Waals surface area (Å²) in [5, 5.41) is 10.6. The first-order valence-electron chi connectivity index (χ1n) is 4.59. The van der Waals surface area contributed by atoms with Crippen LogP contribution in [-0.4, -0.2) is 19.6 Å². The highest BCUT2D eigenvalue weighted by Gasteiger charge is 2.13. The van der Waals surface area contributed by atoms with Gasteiger partial charge < -0.3 is 10.1 Å². The Morgan fingerprint density at radius 3 is 2.94 bits per heavy atom. The molecule has 1 N–H and O–H groups in total. The molecule has 16 heavy (non-hydrogen) atoms. The number of hydrogen-bond donors (Lipinski definition) is 1. The fourth-order valence-corrected chi connectivity index (χ4v) is 1.22. The summed E-state index contributed by atoms with van der Waals surface area (Å²) in [6.45, 7) is 0.401. The topological polar surface area (TPSA) is 85.9 Å². The van der Waals surface area contributed by atoms with Gasteiger partial charge in [0.2, 0.25) is 0 Å². The predicted molar refractivity (Wildman–Crippen MR) is 56.2 cm³/mol. The van der Waals surface area contributed by atoms with E-state index in [4.69, 9.17) is 0 Å². The minimum absolute atomic E-state index is 0.240. The first-order valence-corrected chi connectivity index (χ1v) is 4.59. The molecule has 82 valence electrons. The highest BCUT2D eigenvalue weighted by molar-refractivity contribution is 5.11. The Hall–Kier alpha value is -2.44. The number of nitrogens with zero attached hydrogens (tertiary/aromatic N) is 4. The number of aromatic nitrogens is 3. The van der Waals surface area contributed by atoms with Crippen molar-refractivity contribution in [1.29, 1.82) is 0 Å². The molecular formula is C9H9N5O2. The quantitative estimate of drug-likeness (QED) is 0.610. The van der Waals surface area contributed by atoms with Gasteiger partial charge in [-0.15, -0.1) is 4.68 Å². The zero-order valence-corrected chi connectivity index (χ0v) is 8.28. The molecule has 0 spiro atoms. The summed E-state index contributed by atoms with van der Waals surface area (Å²) in [6, 6.07) is 5.49. The van der Waals surface area contributed by atoms with Crippen molar-refractivity contribution in [2.75, 3.05) is 5.43 Å². The maximum Gasteiger partial charge on any atom is 0.456 e. The Balaban J connectivity index is 2.05. The van der Waals surface area contributed by atoms with Gasteiger partial charge in [0, 0.05) is 6.20 Å². The van der Waals surface area contributed by atoms with Gasteiger partial charge in [-0.25, -0.2) is 0 Å². The third-order valence-corrected chi connectivity index (χ3v) is 1.94. The van der Waals surface area contributed by atoms with E-state index in [0.29, 0.717) is 6.54 Å². The van der Waals surface area contributed by atoms with Gasteiger partial charge in [-0.2, -0.15) is 0 Å². The van der Waals surface area contributed by atoms with Gasteiger partial charge in [0.15, 0.2) is 0 Å². The van der Waals surface area contributed by atoms with Gasteiger partial charge in [0.1, 0.15) is 12.4 Å². The number of nitrogens with one attached hydrogen (secondary N) is 1. The average molecular weight is 219 g/mol. The molecule has 0 aromatic carbocycles. The molecule has 0 amide bonds. The molecule has 2 rings (SSSR count). The minimum Gasteiger partial charge on any atom is -0.390 e. The molecule has 2 heterocycles.